The van der Waals surface area contributed by atoms with Gasteiger partial charge in [0.1, 0.15) is 11.5 Å². The highest BCUT2D eigenvalue weighted by Crippen LogP contribution is 2.23. The summed E-state index contributed by atoms with van der Waals surface area (Å²) < 4.78 is 10.6. The van der Waals surface area contributed by atoms with Crippen molar-refractivity contribution < 1.29 is 9.47 Å². The molecule has 0 radical (unpaired) electrons. The third-order valence-corrected chi connectivity index (χ3v) is 3.13. The van der Waals surface area contributed by atoms with Gasteiger partial charge in [0.15, 0.2) is 0 Å². The van der Waals surface area contributed by atoms with Crippen LogP contribution in [0.5, 0.6) is 11.5 Å². The minimum atomic E-state index is 0.407. The van der Waals surface area contributed by atoms with Crippen LogP contribution in [0.2, 0.25) is 0 Å². The fraction of sp³-hybridized carbons (Fsp3) is 0.625. The molecule has 4 nitrogen and oxygen atoms in total. The van der Waals surface area contributed by atoms with Crippen LogP contribution in [0, 0.1) is 5.92 Å². The lowest BCUT2D eigenvalue weighted by molar-refractivity contribution is 0.394. The van der Waals surface area contributed by atoms with E-state index in [1.54, 1.807) is 14.2 Å². The molecule has 2 N–H and O–H groups in total. The summed E-state index contributed by atoms with van der Waals surface area (Å²) in [5.41, 5.74) is 1.11. The molecule has 0 bridgehead atoms. The van der Waals surface area contributed by atoms with Gasteiger partial charge in [-0.15, -0.1) is 0 Å². The lowest BCUT2D eigenvalue weighted by Gasteiger charge is -2.17. The number of hydrogen-bond donors (Lipinski definition) is 2. The van der Waals surface area contributed by atoms with Gasteiger partial charge in [-0.2, -0.15) is 0 Å². The van der Waals surface area contributed by atoms with Crippen molar-refractivity contribution in [1.82, 2.24) is 10.6 Å². The van der Waals surface area contributed by atoms with Crippen molar-refractivity contribution in [3.63, 3.8) is 0 Å². The minimum Gasteiger partial charge on any atom is -0.497 e. The standard InChI is InChI=1S/C16H28N2O2/c1-12(2)9-17-10-13(3)18-11-14-8-15(19-4)6-7-16(14)20-5/h6-8,12-13,17-18H,9-11H2,1-5H3. The van der Waals surface area contributed by atoms with E-state index >= 15 is 0 Å². The second-order valence-electron chi connectivity index (χ2n) is 5.51. The number of nitrogens with one attached hydrogen (secondary N) is 2. The summed E-state index contributed by atoms with van der Waals surface area (Å²) in [5.74, 6) is 2.43. The first-order valence-corrected chi connectivity index (χ1v) is 7.21. The fourth-order valence-electron chi connectivity index (χ4n) is 1.96. The van der Waals surface area contributed by atoms with Crippen molar-refractivity contribution in [3.8, 4) is 11.5 Å². The molecule has 0 amide bonds. The van der Waals surface area contributed by atoms with Gasteiger partial charge in [-0.25, -0.2) is 0 Å². The molecule has 0 heterocycles. The molecule has 4 heteroatoms. The van der Waals surface area contributed by atoms with E-state index in [1.165, 1.54) is 0 Å². The Bertz CT molecular complexity index is 394. The molecule has 0 fully saturated rings. The van der Waals surface area contributed by atoms with Crippen LogP contribution in [-0.2, 0) is 6.54 Å². The Kier molecular flexibility index (Phi) is 7.41. The Morgan fingerprint density at radius 1 is 1.05 bits per heavy atom. The lowest BCUT2D eigenvalue weighted by atomic mass is 10.1. The highest BCUT2D eigenvalue weighted by atomic mass is 16.5. The van der Waals surface area contributed by atoms with E-state index in [0.29, 0.717) is 12.0 Å². The van der Waals surface area contributed by atoms with E-state index in [9.17, 15) is 0 Å². The molecule has 1 unspecified atom stereocenters. The third kappa shape index (κ3) is 5.80. The van der Waals surface area contributed by atoms with Gasteiger partial charge >= 0.3 is 0 Å². The normalized spacial score (nSPS) is 12.5. The molecule has 1 rings (SSSR count). The monoisotopic (exact) mass is 280 g/mol. The van der Waals surface area contributed by atoms with Crippen molar-refractivity contribution >= 4 is 0 Å². The highest BCUT2D eigenvalue weighted by molar-refractivity contribution is 5.40. The summed E-state index contributed by atoms with van der Waals surface area (Å²) in [6, 6.07) is 6.28. The van der Waals surface area contributed by atoms with Crippen molar-refractivity contribution in [1.29, 1.82) is 0 Å². The number of methoxy groups -OCH3 is 2. The SMILES string of the molecule is COc1ccc(OC)c(CNC(C)CNCC(C)C)c1. The molecule has 0 spiro atoms. The van der Waals surface area contributed by atoms with Crippen LogP contribution in [0.3, 0.4) is 0 Å². The number of benzene rings is 1. The molecule has 0 saturated heterocycles. The zero-order valence-corrected chi connectivity index (χ0v) is 13.3. The number of ether oxygens (including phenoxy) is 2. The molecule has 1 atom stereocenters. The van der Waals surface area contributed by atoms with Gasteiger partial charge in [-0.05, 0) is 37.6 Å². The van der Waals surface area contributed by atoms with E-state index in [0.717, 1.165) is 36.7 Å². The molecule has 1 aromatic rings. The van der Waals surface area contributed by atoms with Crippen molar-refractivity contribution in [2.24, 2.45) is 5.92 Å². The summed E-state index contributed by atoms with van der Waals surface area (Å²) in [6.07, 6.45) is 0. The topological polar surface area (TPSA) is 42.5 Å². The molecule has 114 valence electrons. The fourth-order valence-corrected chi connectivity index (χ4v) is 1.96. The van der Waals surface area contributed by atoms with Crippen LogP contribution in [0.15, 0.2) is 18.2 Å². The van der Waals surface area contributed by atoms with Crippen molar-refractivity contribution in [3.05, 3.63) is 23.8 Å². The first kappa shape index (κ1) is 16.8. The second kappa shape index (κ2) is 8.82. The van der Waals surface area contributed by atoms with Crippen LogP contribution in [0.4, 0.5) is 0 Å². The Hall–Kier alpha value is -1.26. The minimum absolute atomic E-state index is 0.407. The van der Waals surface area contributed by atoms with Gasteiger partial charge in [-0.1, -0.05) is 13.8 Å². The van der Waals surface area contributed by atoms with Crippen molar-refractivity contribution in [2.75, 3.05) is 27.3 Å². The molecule has 0 aliphatic heterocycles. The Labute approximate surface area is 122 Å². The Morgan fingerprint density at radius 2 is 1.80 bits per heavy atom. The average molecular weight is 280 g/mol. The van der Waals surface area contributed by atoms with Crippen molar-refractivity contribution in [2.45, 2.75) is 33.4 Å². The molecule has 0 aliphatic carbocycles. The largest absolute Gasteiger partial charge is 0.497 e. The number of rotatable bonds is 9. The van der Waals surface area contributed by atoms with Gasteiger partial charge < -0.3 is 20.1 Å². The van der Waals surface area contributed by atoms with Gasteiger partial charge in [0.2, 0.25) is 0 Å². The van der Waals surface area contributed by atoms with E-state index in [1.807, 2.05) is 18.2 Å². The van der Waals surface area contributed by atoms with Crippen LogP contribution in [0.25, 0.3) is 0 Å². The summed E-state index contributed by atoms with van der Waals surface area (Å²) >= 11 is 0. The van der Waals surface area contributed by atoms with Crippen LogP contribution < -0.4 is 20.1 Å². The third-order valence-electron chi connectivity index (χ3n) is 3.13. The smallest absolute Gasteiger partial charge is 0.123 e. The number of hydrogen-bond acceptors (Lipinski definition) is 4. The molecule has 1 aromatic carbocycles. The van der Waals surface area contributed by atoms with Crippen LogP contribution in [0.1, 0.15) is 26.3 Å². The first-order valence-electron chi connectivity index (χ1n) is 7.21. The molecule has 0 aliphatic rings. The van der Waals surface area contributed by atoms with E-state index in [-0.39, 0.29) is 0 Å². The predicted octanol–water partition coefficient (Wildman–Crippen LogP) is 2.43. The van der Waals surface area contributed by atoms with E-state index in [4.69, 9.17) is 9.47 Å². The predicted molar refractivity (Wildman–Crippen MR) is 83.6 cm³/mol. The van der Waals surface area contributed by atoms with Crippen LogP contribution in [-0.4, -0.2) is 33.4 Å². The van der Waals surface area contributed by atoms with Gasteiger partial charge in [0.05, 0.1) is 14.2 Å². The van der Waals surface area contributed by atoms with Gasteiger partial charge in [0, 0.05) is 24.7 Å². The maximum Gasteiger partial charge on any atom is 0.123 e. The summed E-state index contributed by atoms with van der Waals surface area (Å²) in [5, 5.41) is 6.95. The summed E-state index contributed by atoms with van der Waals surface area (Å²) in [6.45, 7) is 9.39. The Balaban J connectivity index is 2.47. The van der Waals surface area contributed by atoms with E-state index < -0.39 is 0 Å². The summed E-state index contributed by atoms with van der Waals surface area (Å²) in [4.78, 5) is 0. The van der Waals surface area contributed by atoms with Gasteiger partial charge in [0.25, 0.3) is 0 Å². The average Bonchev–Trinajstić information content (AvgIpc) is 2.44. The molecule has 0 saturated carbocycles. The van der Waals surface area contributed by atoms with Crippen LogP contribution >= 0.6 is 0 Å². The zero-order chi connectivity index (χ0) is 15.0. The second-order valence-corrected chi connectivity index (χ2v) is 5.51. The molecule has 0 aromatic heterocycles. The lowest BCUT2D eigenvalue weighted by Crippen LogP contribution is -2.37. The Morgan fingerprint density at radius 3 is 2.40 bits per heavy atom. The molecular weight excluding hydrogens is 252 g/mol. The highest BCUT2D eigenvalue weighted by Gasteiger charge is 2.07. The quantitative estimate of drug-likeness (QED) is 0.729. The summed E-state index contributed by atoms with van der Waals surface area (Å²) in [7, 11) is 3.37. The molecule has 20 heavy (non-hydrogen) atoms. The first-order chi connectivity index (χ1) is 9.56. The maximum absolute atomic E-state index is 5.38. The molecular formula is C16H28N2O2. The van der Waals surface area contributed by atoms with E-state index in [2.05, 4.69) is 31.4 Å². The van der Waals surface area contributed by atoms with Gasteiger partial charge in [-0.3, -0.25) is 0 Å². The zero-order valence-electron chi connectivity index (χ0n) is 13.3. The maximum atomic E-state index is 5.38.